The zero-order chi connectivity index (χ0) is 13.1. The van der Waals surface area contributed by atoms with Gasteiger partial charge in [0.1, 0.15) is 0 Å². The normalized spacial score (nSPS) is 17.1. The van der Waals surface area contributed by atoms with Gasteiger partial charge in [0, 0.05) is 25.8 Å². The molecule has 116 valence electrons. The van der Waals surface area contributed by atoms with Crippen LogP contribution in [0.3, 0.4) is 0 Å². The van der Waals surface area contributed by atoms with Gasteiger partial charge in [-0.1, -0.05) is 0 Å². The molecule has 7 heteroatoms. The van der Waals surface area contributed by atoms with Crippen molar-refractivity contribution in [3.63, 3.8) is 0 Å². The minimum atomic E-state index is -0.385. The van der Waals surface area contributed by atoms with Crippen molar-refractivity contribution in [2.24, 2.45) is 5.73 Å². The van der Waals surface area contributed by atoms with Crippen LogP contribution < -0.4 is 5.73 Å². The van der Waals surface area contributed by atoms with Gasteiger partial charge in [-0.15, -0.1) is 24.8 Å². The van der Waals surface area contributed by atoms with Crippen LogP contribution in [-0.4, -0.2) is 39.7 Å². The largest absolute Gasteiger partial charge is 0.341 e. The van der Waals surface area contributed by atoms with E-state index in [0.717, 1.165) is 32.5 Å². The molecule has 1 aliphatic heterocycles. The number of carbonyl (C=O) groups is 1. The highest BCUT2D eigenvalue weighted by Crippen LogP contribution is 2.27. The van der Waals surface area contributed by atoms with Crippen LogP contribution >= 0.6 is 24.8 Å². The Hall–Kier alpha value is -0.780. The number of carbonyl (C=O) groups excluding carboxylic acids is 1. The number of aryl methyl sites for hydroxylation is 1. The lowest BCUT2D eigenvalue weighted by Crippen LogP contribution is -2.45. The van der Waals surface area contributed by atoms with E-state index in [9.17, 15) is 4.79 Å². The number of aromatic nitrogens is 2. The van der Waals surface area contributed by atoms with Gasteiger partial charge in [0.05, 0.1) is 12.2 Å². The maximum absolute atomic E-state index is 11.8. The van der Waals surface area contributed by atoms with Crippen molar-refractivity contribution in [2.75, 3.05) is 13.1 Å². The number of halogens is 2. The minimum Gasteiger partial charge on any atom is -0.341 e. The highest BCUT2D eigenvalue weighted by molar-refractivity contribution is 5.85. The molecule has 1 atom stereocenters. The van der Waals surface area contributed by atoms with Crippen molar-refractivity contribution in [3.8, 4) is 0 Å². The molecule has 0 aliphatic carbocycles. The lowest BCUT2D eigenvalue weighted by Gasteiger charge is -2.32. The second-order valence-electron chi connectivity index (χ2n) is 5.02. The molecule has 0 aromatic carbocycles. The van der Waals surface area contributed by atoms with Crippen LogP contribution in [0, 0.1) is 0 Å². The van der Waals surface area contributed by atoms with Crippen molar-refractivity contribution in [2.45, 2.75) is 45.2 Å². The molecular formula is C13H24Cl2N4O. The highest BCUT2D eigenvalue weighted by Gasteiger charge is 2.25. The number of amides is 1. The van der Waals surface area contributed by atoms with Gasteiger partial charge < -0.3 is 10.6 Å². The molecule has 1 amide bonds. The maximum atomic E-state index is 11.8. The summed E-state index contributed by atoms with van der Waals surface area (Å²) in [5.74, 6) is 0.597. The Morgan fingerprint density at radius 1 is 1.45 bits per heavy atom. The summed E-state index contributed by atoms with van der Waals surface area (Å²) in [5, 5.41) is 4.31. The van der Waals surface area contributed by atoms with E-state index in [4.69, 9.17) is 5.73 Å². The zero-order valence-corrected chi connectivity index (χ0v) is 13.6. The van der Waals surface area contributed by atoms with Gasteiger partial charge in [0.2, 0.25) is 5.91 Å². The molecule has 1 saturated heterocycles. The molecule has 0 unspecified atom stereocenters. The van der Waals surface area contributed by atoms with Gasteiger partial charge in [-0.25, -0.2) is 0 Å². The van der Waals surface area contributed by atoms with Crippen molar-refractivity contribution in [1.82, 2.24) is 14.7 Å². The molecule has 1 aromatic rings. The van der Waals surface area contributed by atoms with Gasteiger partial charge in [0.25, 0.3) is 0 Å². The summed E-state index contributed by atoms with van der Waals surface area (Å²) >= 11 is 0. The van der Waals surface area contributed by atoms with E-state index >= 15 is 0 Å². The Kier molecular flexibility index (Phi) is 8.16. The Bertz CT molecular complexity index is 414. The van der Waals surface area contributed by atoms with E-state index < -0.39 is 0 Å². The van der Waals surface area contributed by atoms with Crippen molar-refractivity contribution in [1.29, 1.82) is 0 Å². The van der Waals surface area contributed by atoms with Gasteiger partial charge in [-0.3, -0.25) is 9.48 Å². The third-order valence-electron chi connectivity index (χ3n) is 3.64. The minimum absolute atomic E-state index is 0. The van der Waals surface area contributed by atoms with Crippen LogP contribution in [0.5, 0.6) is 0 Å². The third-order valence-corrected chi connectivity index (χ3v) is 3.64. The van der Waals surface area contributed by atoms with Gasteiger partial charge in [0.15, 0.2) is 0 Å². The second kappa shape index (κ2) is 8.49. The smallest absolute Gasteiger partial charge is 0.239 e. The molecule has 0 radical (unpaired) electrons. The first-order valence-electron chi connectivity index (χ1n) is 6.68. The second-order valence-corrected chi connectivity index (χ2v) is 5.02. The first kappa shape index (κ1) is 19.2. The van der Waals surface area contributed by atoms with E-state index in [1.54, 1.807) is 6.92 Å². The maximum Gasteiger partial charge on any atom is 0.239 e. The number of likely N-dealkylation sites (tertiary alicyclic amines) is 1. The fourth-order valence-corrected chi connectivity index (χ4v) is 2.48. The first-order chi connectivity index (χ1) is 8.61. The standard InChI is InChI=1S/C13H22N4O.2ClH/c1-3-17-9-12(8-15-17)11-4-6-16(7-5-11)13(18)10(2)14;;/h8-11H,3-7,14H2,1-2H3;2*1H/t10-;;/m1../s1. The summed E-state index contributed by atoms with van der Waals surface area (Å²) in [4.78, 5) is 13.7. The van der Waals surface area contributed by atoms with E-state index in [-0.39, 0.29) is 36.8 Å². The molecular weight excluding hydrogens is 299 g/mol. The predicted octanol–water partition coefficient (Wildman–Crippen LogP) is 1.80. The zero-order valence-electron chi connectivity index (χ0n) is 12.0. The van der Waals surface area contributed by atoms with Crippen LogP contribution in [0.1, 0.15) is 38.2 Å². The number of piperidine rings is 1. The molecule has 0 saturated carbocycles. The van der Waals surface area contributed by atoms with Gasteiger partial charge >= 0.3 is 0 Å². The number of nitrogens with two attached hydrogens (primary N) is 1. The summed E-state index contributed by atoms with van der Waals surface area (Å²) in [6.07, 6.45) is 6.09. The molecule has 1 aliphatic rings. The van der Waals surface area contributed by atoms with Gasteiger partial charge in [-0.05, 0) is 38.2 Å². The summed E-state index contributed by atoms with van der Waals surface area (Å²) < 4.78 is 1.95. The Morgan fingerprint density at radius 3 is 2.50 bits per heavy atom. The highest BCUT2D eigenvalue weighted by atomic mass is 35.5. The van der Waals surface area contributed by atoms with E-state index in [1.807, 2.05) is 15.8 Å². The fraction of sp³-hybridized carbons (Fsp3) is 0.692. The molecule has 5 nitrogen and oxygen atoms in total. The Morgan fingerprint density at radius 2 is 2.05 bits per heavy atom. The fourth-order valence-electron chi connectivity index (χ4n) is 2.48. The number of nitrogens with zero attached hydrogens (tertiary/aromatic N) is 3. The summed E-state index contributed by atoms with van der Waals surface area (Å²) in [6, 6.07) is -0.385. The van der Waals surface area contributed by atoms with E-state index in [1.165, 1.54) is 5.56 Å². The first-order valence-corrected chi connectivity index (χ1v) is 6.68. The van der Waals surface area contributed by atoms with Crippen LogP contribution in [0.15, 0.2) is 12.4 Å². The van der Waals surface area contributed by atoms with Crippen LogP contribution in [-0.2, 0) is 11.3 Å². The molecule has 20 heavy (non-hydrogen) atoms. The Labute approximate surface area is 132 Å². The van der Waals surface area contributed by atoms with E-state index in [2.05, 4.69) is 18.2 Å². The third kappa shape index (κ3) is 4.36. The number of hydrogen-bond acceptors (Lipinski definition) is 3. The van der Waals surface area contributed by atoms with E-state index in [0.29, 0.717) is 5.92 Å². The number of rotatable bonds is 3. The van der Waals surface area contributed by atoms with Crippen LogP contribution in [0.2, 0.25) is 0 Å². The summed E-state index contributed by atoms with van der Waals surface area (Å²) in [7, 11) is 0. The average molecular weight is 323 g/mol. The molecule has 0 bridgehead atoms. The molecule has 0 spiro atoms. The lowest BCUT2D eigenvalue weighted by atomic mass is 9.91. The average Bonchev–Trinajstić information content (AvgIpc) is 2.86. The quantitative estimate of drug-likeness (QED) is 0.922. The van der Waals surface area contributed by atoms with Crippen molar-refractivity contribution < 1.29 is 4.79 Å². The Balaban J connectivity index is 0.00000180. The number of hydrogen-bond donors (Lipinski definition) is 1. The monoisotopic (exact) mass is 322 g/mol. The van der Waals surface area contributed by atoms with Gasteiger partial charge in [-0.2, -0.15) is 5.10 Å². The molecule has 2 rings (SSSR count). The predicted molar refractivity (Wildman–Crippen MR) is 84.6 cm³/mol. The van der Waals surface area contributed by atoms with Crippen molar-refractivity contribution in [3.05, 3.63) is 18.0 Å². The molecule has 1 fully saturated rings. The SMILES string of the molecule is CCn1cc(C2CCN(C(=O)[C@@H](C)N)CC2)cn1.Cl.Cl. The molecule has 2 heterocycles. The molecule has 2 N–H and O–H groups in total. The molecule has 1 aromatic heterocycles. The summed E-state index contributed by atoms with van der Waals surface area (Å²) in [6.45, 7) is 6.35. The lowest BCUT2D eigenvalue weighted by molar-refractivity contribution is -0.133. The topological polar surface area (TPSA) is 64.2 Å². The van der Waals surface area contributed by atoms with Crippen LogP contribution in [0.4, 0.5) is 0 Å². The van der Waals surface area contributed by atoms with Crippen LogP contribution in [0.25, 0.3) is 0 Å². The van der Waals surface area contributed by atoms with Crippen molar-refractivity contribution >= 4 is 30.7 Å². The summed E-state index contributed by atoms with van der Waals surface area (Å²) in [5.41, 5.74) is 6.93.